The van der Waals surface area contributed by atoms with E-state index in [0.717, 1.165) is 0 Å². The van der Waals surface area contributed by atoms with Gasteiger partial charge in [0.25, 0.3) is 0 Å². The van der Waals surface area contributed by atoms with Crippen LogP contribution in [0.1, 0.15) is 44.1 Å². The SMILES string of the molecule is N#Cc1cnc(NC2CCCCCC2)nc1. The standard InChI is InChI=1S/C12H16N4/c13-7-10-8-14-12(15-9-10)16-11-5-3-1-2-4-6-11/h8-9,11H,1-6H2,(H,14,15,16). The Hall–Kier alpha value is -1.63. The van der Waals surface area contributed by atoms with Crippen molar-refractivity contribution in [2.75, 3.05) is 5.32 Å². The first-order valence-electron chi connectivity index (χ1n) is 5.87. The lowest BCUT2D eigenvalue weighted by atomic mass is 10.1. The summed E-state index contributed by atoms with van der Waals surface area (Å²) in [5, 5.41) is 12.0. The van der Waals surface area contributed by atoms with Gasteiger partial charge < -0.3 is 5.32 Å². The van der Waals surface area contributed by atoms with Crippen molar-refractivity contribution < 1.29 is 0 Å². The van der Waals surface area contributed by atoms with Crippen LogP contribution in [0.4, 0.5) is 5.95 Å². The van der Waals surface area contributed by atoms with Crippen molar-refractivity contribution in [1.82, 2.24) is 9.97 Å². The minimum Gasteiger partial charge on any atom is -0.351 e. The van der Waals surface area contributed by atoms with Crippen molar-refractivity contribution in [3.05, 3.63) is 18.0 Å². The lowest BCUT2D eigenvalue weighted by Gasteiger charge is -2.15. The Balaban J connectivity index is 1.94. The van der Waals surface area contributed by atoms with E-state index in [1.807, 2.05) is 6.07 Å². The maximum Gasteiger partial charge on any atom is 0.222 e. The number of nitrogens with zero attached hydrogens (tertiary/aromatic N) is 3. The maximum absolute atomic E-state index is 8.64. The number of aromatic nitrogens is 2. The average Bonchev–Trinajstić information content (AvgIpc) is 2.59. The molecule has 1 heterocycles. The molecular weight excluding hydrogens is 200 g/mol. The average molecular weight is 216 g/mol. The number of nitriles is 1. The summed E-state index contributed by atoms with van der Waals surface area (Å²) in [5.41, 5.74) is 0.506. The molecule has 1 N–H and O–H groups in total. The highest BCUT2D eigenvalue weighted by Crippen LogP contribution is 2.19. The Morgan fingerprint density at radius 2 is 1.75 bits per heavy atom. The minimum atomic E-state index is 0.496. The van der Waals surface area contributed by atoms with Crippen LogP contribution >= 0.6 is 0 Å². The molecule has 0 spiro atoms. The molecule has 0 bridgehead atoms. The molecule has 0 aliphatic heterocycles. The lowest BCUT2D eigenvalue weighted by molar-refractivity contribution is 0.615. The zero-order chi connectivity index (χ0) is 11.2. The van der Waals surface area contributed by atoms with E-state index < -0.39 is 0 Å². The quantitative estimate of drug-likeness (QED) is 0.771. The Morgan fingerprint density at radius 1 is 1.12 bits per heavy atom. The van der Waals surface area contributed by atoms with Crippen molar-refractivity contribution in [3.63, 3.8) is 0 Å². The zero-order valence-electron chi connectivity index (χ0n) is 9.32. The van der Waals surface area contributed by atoms with Gasteiger partial charge in [-0.1, -0.05) is 25.7 Å². The van der Waals surface area contributed by atoms with E-state index in [1.54, 1.807) is 12.4 Å². The highest BCUT2D eigenvalue weighted by Gasteiger charge is 2.12. The molecule has 84 valence electrons. The van der Waals surface area contributed by atoms with Crippen LogP contribution < -0.4 is 5.32 Å². The molecule has 1 saturated carbocycles. The summed E-state index contributed by atoms with van der Waals surface area (Å²) in [6, 6.07) is 2.51. The third kappa shape index (κ3) is 2.93. The molecule has 1 aromatic rings. The second-order valence-corrected chi connectivity index (χ2v) is 4.24. The first-order valence-corrected chi connectivity index (χ1v) is 5.87. The summed E-state index contributed by atoms with van der Waals surface area (Å²) in [5.74, 6) is 0.644. The largest absolute Gasteiger partial charge is 0.351 e. The Labute approximate surface area is 95.7 Å². The molecule has 0 saturated heterocycles. The van der Waals surface area contributed by atoms with Gasteiger partial charge in [-0.05, 0) is 12.8 Å². The summed E-state index contributed by atoms with van der Waals surface area (Å²) >= 11 is 0. The number of anilines is 1. The second-order valence-electron chi connectivity index (χ2n) is 4.24. The molecule has 0 aromatic carbocycles. The van der Waals surface area contributed by atoms with Gasteiger partial charge in [0.15, 0.2) is 0 Å². The van der Waals surface area contributed by atoms with E-state index in [4.69, 9.17) is 5.26 Å². The van der Waals surface area contributed by atoms with Crippen LogP contribution in [0, 0.1) is 11.3 Å². The lowest BCUT2D eigenvalue weighted by Crippen LogP contribution is -2.19. The van der Waals surface area contributed by atoms with Crippen molar-refractivity contribution in [2.24, 2.45) is 0 Å². The van der Waals surface area contributed by atoms with Gasteiger partial charge >= 0.3 is 0 Å². The molecular formula is C12H16N4. The summed E-state index contributed by atoms with van der Waals surface area (Å²) in [7, 11) is 0. The second kappa shape index (κ2) is 5.45. The molecule has 4 nitrogen and oxygen atoms in total. The van der Waals surface area contributed by atoms with Crippen LogP contribution in [0.25, 0.3) is 0 Å². The molecule has 4 heteroatoms. The third-order valence-corrected chi connectivity index (χ3v) is 2.97. The predicted octanol–water partition coefficient (Wildman–Crippen LogP) is 2.48. The van der Waals surface area contributed by atoms with Crippen LogP contribution in [0.3, 0.4) is 0 Å². The molecule has 0 amide bonds. The zero-order valence-corrected chi connectivity index (χ0v) is 9.32. The Morgan fingerprint density at radius 3 is 2.31 bits per heavy atom. The van der Waals surface area contributed by atoms with Gasteiger partial charge in [-0.25, -0.2) is 9.97 Å². The molecule has 0 atom stereocenters. The molecule has 16 heavy (non-hydrogen) atoms. The van der Waals surface area contributed by atoms with E-state index in [-0.39, 0.29) is 0 Å². The van der Waals surface area contributed by atoms with E-state index in [1.165, 1.54) is 38.5 Å². The fraction of sp³-hybridized carbons (Fsp3) is 0.583. The highest BCUT2D eigenvalue weighted by atomic mass is 15.1. The van der Waals surface area contributed by atoms with Crippen LogP contribution in [-0.2, 0) is 0 Å². The number of hydrogen-bond acceptors (Lipinski definition) is 4. The van der Waals surface area contributed by atoms with Gasteiger partial charge in [0.1, 0.15) is 6.07 Å². The van der Waals surface area contributed by atoms with E-state index in [9.17, 15) is 0 Å². The highest BCUT2D eigenvalue weighted by molar-refractivity contribution is 5.30. The molecule has 1 aromatic heterocycles. The van der Waals surface area contributed by atoms with Gasteiger partial charge in [0, 0.05) is 6.04 Å². The fourth-order valence-electron chi connectivity index (χ4n) is 2.07. The van der Waals surface area contributed by atoms with Crippen LogP contribution in [-0.4, -0.2) is 16.0 Å². The molecule has 2 rings (SSSR count). The van der Waals surface area contributed by atoms with Gasteiger partial charge in [-0.2, -0.15) is 5.26 Å². The summed E-state index contributed by atoms with van der Waals surface area (Å²) in [6.45, 7) is 0. The monoisotopic (exact) mass is 216 g/mol. The molecule has 1 aliphatic carbocycles. The minimum absolute atomic E-state index is 0.496. The van der Waals surface area contributed by atoms with Crippen molar-refractivity contribution in [3.8, 4) is 6.07 Å². The van der Waals surface area contributed by atoms with Crippen molar-refractivity contribution >= 4 is 5.95 Å². The van der Waals surface area contributed by atoms with Gasteiger partial charge in [0.2, 0.25) is 5.95 Å². The Bertz CT molecular complexity index is 358. The van der Waals surface area contributed by atoms with Crippen molar-refractivity contribution in [2.45, 2.75) is 44.6 Å². The van der Waals surface area contributed by atoms with Crippen LogP contribution in [0.15, 0.2) is 12.4 Å². The molecule has 0 unspecified atom stereocenters. The van der Waals surface area contributed by atoms with Crippen molar-refractivity contribution in [1.29, 1.82) is 5.26 Å². The summed E-state index contributed by atoms with van der Waals surface area (Å²) in [6.07, 6.45) is 10.8. The fourth-order valence-corrected chi connectivity index (χ4v) is 2.07. The third-order valence-electron chi connectivity index (χ3n) is 2.97. The van der Waals surface area contributed by atoms with Crippen LogP contribution in [0.2, 0.25) is 0 Å². The van der Waals surface area contributed by atoms with E-state index in [2.05, 4.69) is 15.3 Å². The molecule has 1 fully saturated rings. The molecule has 1 aliphatic rings. The van der Waals surface area contributed by atoms with Crippen LogP contribution in [0.5, 0.6) is 0 Å². The van der Waals surface area contributed by atoms with E-state index >= 15 is 0 Å². The smallest absolute Gasteiger partial charge is 0.222 e. The normalized spacial score (nSPS) is 17.4. The molecule has 0 radical (unpaired) electrons. The van der Waals surface area contributed by atoms with Gasteiger partial charge in [0.05, 0.1) is 18.0 Å². The number of nitrogens with one attached hydrogen (secondary N) is 1. The number of rotatable bonds is 2. The van der Waals surface area contributed by atoms with E-state index in [0.29, 0.717) is 17.6 Å². The number of hydrogen-bond donors (Lipinski definition) is 1. The first kappa shape index (κ1) is 10.9. The van der Waals surface area contributed by atoms with Gasteiger partial charge in [-0.3, -0.25) is 0 Å². The predicted molar refractivity (Wildman–Crippen MR) is 61.9 cm³/mol. The maximum atomic E-state index is 8.64. The summed E-state index contributed by atoms with van der Waals surface area (Å²) in [4.78, 5) is 8.26. The Kier molecular flexibility index (Phi) is 3.71. The van der Waals surface area contributed by atoms with Gasteiger partial charge in [-0.15, -0.1) is 0 Å². The summed E-state index contributed by atoms with van der Waals surface area (Å²) < 4.78 is 0. The topological polar surface area (TPSA) is 61.6 Å². The first-order chi connectivity index (χ1) is 7.88.